The lowest BCUT2D eigenvalue weighted by molar-refractivity contribution is 0.904. The monoisotopic (exact) mass is 272 g/mol. The Balaban J connectivity index is 2.49. The highest BCUT2D eigenvalue weighted by atomic mass is 32.2. The van der Waals surface area contributed by atoms with Crippen molar-refractivity contribution in [1.82, 2.24) is 15.0 Å². The van der Waals surface area contributed by atoms with Gasteiger partial charge >= 0.3 is 0 Å². The molecule has 0 aliphatic rings. The number of hydrogen-bond donors (Lipinski definition) is 1. The first-order valence-electron chi connectivity index (χ1n) is 5.64. The van der Waals surface area contributed by atoms with E-state index in [1.54, 1.807) is 13.8 Å². The van der Waals surface area contributed by atoms with Crippen LogP contribution >= 0.6 is 11.8 Å². The lowest BCUT2D eigenvalue weighted by atomic mass is 10.2. The van der Waals surface area contributed by atoms with E-state index in [0.717, 1.165) is 10.6 Å². The van der Waals surface area contributed by atoms with Gasteiger partial charge < -0.3 is 4.98 Å². The average Bonchev–Trinajstić information content (AvgIpc) is 2.26. The summed E-state index contributed by atoms with van der Waals surface area (Å²) in [6, 6.07) is 5.38. The van der Waals surface area contributed by atoms with E-state index >= 15 is 0 Å². The molecule has 0 saturated heterocycles. The molecule has 0 unspecified atom stereocenters. The molecule has 0 aromatic carbocycles. The maximum Gasteiger partial charge on any atom is 0.251 e. The van der Waals surface area contributed by atoms with Crippen molar-refractivity contribution in [3.8, 4) is 6.07 Å². The molecule has 0 saturated carbocycles. The summed E-state index contributed by atoms with van der Waals surface area (Å²) >= 11 is 1.27. The van der Waals surface area contributed by atoms with Crippen molar-refractivity contribution in [2.45, 2.75) is 30.8 Å². The van der Waals surface area contributed by atoms with Crippen LogP contribution in [0.1, 0.15) is 22.6 Å². The average molecular weight is 272 g/mol. The van der Waals surface area contributed by atoms with Crippen LogP contribution in [-0.4, -0.2) is 15.0 Å². The van der Waals surface area contributed by atoms with E-state index in [9.17, 15) is 10.1 Å². The van der Waals surface area contributed by atoms with Gasteiger partial charge in [0.05, 0.1) is 11.3 Å². The van der Waals surface area contributed by atoms with Crippen LogP contribution in [-0.2, 0) is 0 Å². The molecule has 2 rings (SSSR count). The fraction of sp³-hybridized carbons (Fsp3) is 0.231. The molecule has 5 nitrogen and oxygen atoms in total. The van der Waals surface area contributed by atoms with Gasteiger partial charge in [0.15, 0.2) is 5.16 Å². The van der Waals surface area contributed by atoms with E-state index in [-0.39, 0.29) is 5.56 Å². The minimum absolute atomic E-state index is 0.198. The lowest BCUT2D eigenvalue weighted by Crippen LogP contribution is -2.08. The zero-order chi connectivity index (χ0) is 14.0. The van der Waals surface area contributed by atoms with Crippen LogP contribution in [0.25, 0.3) is 0 Å². The molecule has 2 aromatic heterocycles. The first-order chi connectivity index (χ1) is 8.99. The van der Waals surface area contributed by atoms with Gasteiger partial charge in [-0.15, -0.1) is 0 Å². The van der Waals surface area contributed by atoms with Gasteiger partial charge in [-0.25, -0.2) is 4.98 Å². The molecule has 0 fully saturated rings. The Kier molecular flexibility index (Phi) is 3.67. The summed E-state index contributed by atoms with van der Waals surface area (Å²) in [5, 5.41) is 9.66. The largest absolute Gasteiger partial charge is 0.301 e. The van der Waals surface area contributed by atoms with Gasteiger partial charge in [0.25, 0.3) is 5.56 Å². The molecule has 0 aliphatic carbocycles. The van der Waals surface area contributed by atoms with Crippen molar-refractivity contribution in [3.63, 3.8) is 0 Å². The van der Waals surface area contributed by atoms with Crippen LogP contribution < -0.4 is 5.56 Å². The highest BCUT2D eigenvalue weighted by Gasteiger charge is 2.11. The Labute approximate surface area is 114 Å². The van der Waals surface area contributed by atoms with Crippen molar-refractivity contribution in [2.75, 3.05) is 0 Å². The molecule has 0 amide bonds. The molecule has 2 heterocycles. The summed E-state index contributed by atoms with van der Waals surface area (Å²) < 4.78 is 0. The van der Waals surface area contributed by atoms with E-state index in [1.165, 1.54) is 17.8 Å². The quantitative estimate of drug-likeness (QED) is 0.847. The predicted octanol–water partition coefficient (Wildman–Crippen LogP) is 2.11. The second-order valence-electron chi connectivity index (χ2n) is 4.13. The van der Waals surface area contributed by atoms with E-state index < -0.39 is 0 Å². The SMILES string of the molecule is Cc1cc(=O)[nH]c(Sc2cc(C)nc(C)c2C#N)n1. The summed E-state index contributed by atoms with van der Waals surface area (Å²) in [4.78, 5) is 23.3. The maximum absolute atomic E-state index is 11.4. The molecule has 0 atom stereocenters. The van der Waals surface area contributed by atoms with Crippen LogP contribution in [0.15, 0.2) is 27.0 Å². The first-order valence-corrected chi connectivity index (χ1v) is 6.45. The molecule has 19 heavy (non-hydrogen) atoms. The molecule has 6 heteroatoms. The molecule has 0 aliphatic heterocycles. The number of aryl methyl sites for hydroxylation is 3. The van der Waals surface area contributed by atoms with Crippen LogP contribution in [0.5, 0.6) is 0 Å². The van der Waals surface area contributed by atoms with Crippen molar-refractivity contribution in [2.24, 2.45) is 0 Å². The molecule has 96 valence electrons. The van der Waals surface area contributed by atoms with Crippen LogP contribution in [0, 0.1) is 32.1 Å². The highest BCUT2D eigenvalue weighted by molar-refractivity contribution is 7.99. The Morgan fingerprint density at radius 2 is 1.89 bits per heavy atom. The standard InChI is InChI=1S/C13H12N4OS/c1-7-4-11(10(6-14)9(3)15-7)19-13-16-8(2)5-12(18)17-13/h4-5H,1-3H3,(H,16,17,18). The van der Waals surface area contributed by atoms with Gasteiger partial charge in [0.1, 0.15) is 6.07 Å². The van der Waals surface area contributed by atoms with Gasteiger partial charge in [-0.3, -0.25) is 9.78 Å². The normalized spacial score (nSPS) is 10.2. The number of hydrogen-bond acceptors (Lipinski definition) is 5. The summed E-state index contributed by atoms with van der Waals surface area (Å²) in [5.74, 6) is 0. The van der Waals surface area contributed by atoms with E-state index in [0.29, 0.717) is 22.1 Å². The topological polar surface area (TPSA) is 82.4 Å². The van der Waals surface area contributed by atoms with E-state index in [4.69, 9.17) is 0 Å². The van der Waals surface area contributed by atoms with Crippen molar-refractivity contribution < 1.29 is 0 Å². The van der Waals surface area contributed by atoms with Crippen molar-refractivity contribution in [3.05, 3.63) is 45.1 Å². The fourth-order valence-electron chi connectivity index (χ4n) is 1.71. The Morgan fingerprint density at radius 1 is 1.21 bits per heavy atom. The molecular formula is C13H12N4OS. The lowest BCUT2D eigenvalue weighted by Gasteiger charge is -2.07. The van der Waals surface area contributed by atoms with Crippen LogP contribution in [0.2, 0.25) is 0 Å². The summed E-state index contributed by atoms with van der Waals surface area (Å²) in [5.41, 5.74) is 2.47. The number of nitrogens with one attached hydrogen (secondary N) is 1. The predicted molar refractivity (Wildman–Crippen MR) is 72.1 cm³/mol. The smallest absolute Gasteiger partial charge is 0.251 e. The van der Waals surface area contributed by atoms with Gasteiger partial charge in [-0.2, -0.15) is 5.26 Å². The first kappa shape index (κ1) is 13.3. The molecular weight excluding hydrogens is 260 g/mol. The number of aromatic amines is 1. The second kappa shape index (κ2) is 5.24. The number of aromatic nitrogens is 3. The summed E-state index contributed by atoms with van der Waals surface area (Å²) in [6.45, 7) is 5.42. The number of pyridine rings is 1. The van der Waals surface area contributed by atoms with Crippen molar-refractivity contribution >= 4 is 11.8 Å². The van der Waals surface area contributed by atoms with Crippen LogP contribution in [0.4, 0.5) is 0 Å². The molecule has 0 spiro atoms. The van der Waals surface area contributed by atoms with Gasteiger partial charge in [0, 0.05) is 22.3 Å². The molecule has 0 bridgehead atoms. The minimum Gasteiger partial charge on any atom is -0.301 e. The molecule has 0 radical (unpaired) electrons. The Morgan fingerprint density at radius 3 is 2.53 bits per heavy atom. The minimum atomic E-state index is -0.198. The van der Waals surface area contributed by atoms with Crippen LogP contribution in [0.3, 0.4) is 0 Å². The van der Waals surface area contributed by atoms with Gasteiger partial charge in [0.2, 0.25) is 0 Å². The fourth-order valence-corrected chi connectivity index (χ4v) is 2.79. The second-order valence-corrected chi connectivity index (χ2v) is 5.16. The molecule has 2 aromatic rings. The zero-order valence-electron chi connectivity index (χ0n) is 10.8. The van der Waals surface area contributed by atoms with Gasteiger partial charge in [-0.05, 0) is 26.8 Å². The van der Waals surface area contributed by atoms with Crippen molar-refractivity contribution in [1.29, 1.82) is 5.26 Å². The number of H-pyrrole nitrogens is 1. The number of nitriles is 1. The molecule has 1 N–H and O–H groups in total. The van der Waals surface area contributed by atoms with E-state index in [2.05, 4.69) is 21.0 Å². The highest BCUT2D eigenvalue weighted by Crippen LogP contribution is 2.29. The third-order valence-corrected chi connectivity index (χ3v) is 3.39. The number of nitrogens with zero attached hydrogens (tertiary/aromatic N) is 3. The Hall–Kier alpha value is -2.13. The van der Waals surface area contributed by atoms with Gasteiger partial charge in [-0.1, -0.05) is 11.8 Å². The number of rotatable bonds is 2. The third-order valence-electron chi connectivity index (χ3n) is 2.46. The third kappa shape index (κ3) is 3.01. The Bertz CT molecular complexity index is 730. The maximum atomic E-state index is 11.4. The summed E-state index contributed by atoms with van der Waals surface area (Å²) in [6.07, 6.45) is 0. The van der Waals surface area contributed by atoms with E-state index in [1.807, 2.05) is 13.0 Å². The zero-order valence-corrected chi connectivity index (χ0v) is 11.6. The summed E-state index contributed by atoms with van der Waals surface area (Å²) in [7, 11) is 0.